The van der Waals surface area contributed by atoms with E-state index < -0.39 is 0 Å². The lowest BCUT2D eigenvalue weighted by Crippen LogP contribution is -2.08. The van der Waals surface area contributed by atoms with Crippen molar-refractivity contribution in [1.29, 1.82) is 0 Å². The maximum atomic E-state index is 5.85. The summed E-state index contributed by atoms with van der Waals surface area (Å²) in [6.45, 7) is 2.16. The molecule has 0 unspecified atom stereocenters. The highest BCUT2D eigenvalue weighted by atomic mass is 32.1. The summed E-state index contributed by atoms with van der Waals surface area (Å²) in [6.07, 6.45) is 0. The topological polar surface area (TPSA) is 26.0 Å². The zero-order valence-electron chi connectivity index (χ0n) is 8.16. The van der Waals surface area contributed by atoms with E-state index in [1.165, 1.54) is 15.9 Å². The van der Waals surface area contributed by atoms with Crippen molar-refractivity contribution < 1.29 is 0 Å². The Morgan fingerprint density at radius 2 is 1.86 bits per heavy atom. The Balaban J connectivity index is 2.39. The lowest BCUT2D eigenvalue weighted by Gasteiger charge is -2.01. The van der Waals surface area contributed by atoms with E-state index in [9.17, 15) is 0 Å². The second kappa shape index (κ2) is 3.88. The van der Waals surface area contributed by atoms with Gasteiger partial charge in [0.15, 0.2) is 7.28 Å². The van der Waals surface area contributed by atoms with Crippen molar-refractivity contribution in [2.75, 3.05) is 5.73 Å². The molecule has 0 saturated heterocycles. The van der Waals surface area contributed by atoms with Crippen LogP contribution in [0, 0.1) is 0 Å². The lowest BCUT2D eigenvalue weighted by atomic mass is 9.73. The molecule has 0 spiro atoms. The summed E-state index contributed by atoms with van der Waals surface area (Å²) in [5.41, 5.74) is 9.31. The number of rotatable bonds is 2. The molecular formula is C11H12BNS. The molecule has 0 aliphatic rings. The highest BCUT2D eigenvalue weighted by Crippen LogP contribution is 2.30. The Morgan fingerprint density at radius 1 is 1.14 bits per heavy atom. The maximum absolute atomic E-state index is 5.85. The molecule has 0 fully saturated rings. The summed E-state index contributed by atoms with van der Waals surface area (Å²) in [5.74, 6) is 0. The van der Waals surface area contributed by atoms with E-state index in [4.69, 9.17) is 5.73 Å². The molecule has 0 radical (unpaired) electrons. The minimum Gasteiger partial charge on any atom is -0.398 e. The third kappa shape index (κ3) is 1.68. The first kappa shape index (κ1) is 9.34. The van der Waals surface area contributed by atoms with Crippen LogP contribution < -0.4 is 11.2 Å². The van der Waals surface area contributed by atoms with Gasteiger partial charge in [-0.2, -0.15) is 0 Å². The van der Waals surface area contributed by atoms with Crippen LogP contribution in [-0.4, -0.2) is 7.28 Å². The molecule has 14 heavy (non-hydrogen) atoms. The molecule has 0 amide bonds. The van der Waals surface area contributed by atoms with E-state index in [1.54, 1.807) is 11.3 Å². The second-order valence-corrected chi connectivity index (χ2v) is 4.17. The largest absolute Gasteiger partial charge is 0.398 e. The smallest absolute Gasteiger partial charge is 0.154 e. The van der Waals surface area contributed by atoms with Gasteiger partial charge >= 0.3 is 0 Å². The summed E-state index contributed by atoms with van der Waals surface area (Å²) in [5, 5.41) is 2.03. The van der Waals surface area contributed by atoms with Crippen molar-refractivity contribution in [1.82, 2.24) is 0 Å². The average Bonchev–Trinajstić information content (AvgIpc) is 2.65. The normalized spacial score (nSPS) is 10.1. The lowest BCUT2D eigenvalue weighted by molar-refractivity contribution is 1.73. The van der Waals surface area contributed by atoms with Crippen molar-refractivity contribution in [3.05, 3.63) is 35.7 Å². The maximum Gasteiger partial charge on any atom is 0.154 e. The van der Waals surface area contributed by atoms with Crippen LogP contribution in [0.25, 0.3) is 10.4 Å². The summed E-state index contributed by atoms with van der Waals surface area (Å²) in [7, 11) is 1.08. The number of benzene rings is 1. The van der Waals surface area contributed by atoms with E-state index in [-0.39, 0.29) is 0 Å². The Bertz CT molecular complexity index is 419. The highest BCUT2D eigenvalue weighted by Gasteiger charge is 2.02. The summed E-state index contributed by atoms with van der Waals surface area (Å²) >= 11 is 1.69. The van der Waals surface area contributed by atoms with E-state index >= 15 is 0 Å². The van der Waals surface area contributed by atoms with E-state index in [0.717, 1.165) is 13.0 Å². The zero-order chi connectivity index (χ0) is 9.97. The van der Waals surface area contributed by atoms with Gasteiger partial charge in [0.1, 0.15) is 0 Å². The molecule has 1 aromatic carbocycles. The first-order valence-corrected chi connectivity index (χ1v) is 5.61. The van der Waals surface area contributed by atoms with Gasteiger partial charge in [0, 0.05) is 0 Å². The number of thiophene rings is 1. The molecule has 0 bridgehead atoms. The molecule has 1 nitrogen and oxygen atoms in total. The van der Waals surface area contributed by atoms with Gasteiger partial charge < -0.3 is 5.73 Å². The van der Waals surface area contributed by atoms with Gasteiger partial charge in [-0.25, -0.2) is 0 Å². The quantitative estimate of drug-likeness (QED) is 0.740. The van der Waals surface area contributed by atoms with Crippen LogP contribution in [0.15, 0.2) is 35.7 Å². The van der Waals surface area contributed by atoms with Gasteiger partial charge in [0.2, 0.25) is 0 Å². The van der Waals surface area contributed by atoms with Crippen LogP contribution in [0.1, 0.15) is 0 Å². The van der Waals surface area contributed by atoms with Gasteiger partial charge in [-0.05, 0) is 17.0 Å². The van der Waals surface area contributed by atoms with Gasteiger partial charge in [-0.15, -0.1) is 11.3 Å². The van der Waals surface area contributed by atoms with Crippen LogP contribution in [-0.2, 0) is 0 Å². The second-order valence-electron chi connectivity index (χ2n) is 3.26. The Labute approximate surface area is 88.8 Å². The van der Waals surface area contributed by atoms with Crippen molar-refractivity contribution in [2.24, 2.45) is 0 Å². The first-order valence-electron chi connectivity index (χ1n) is 4.73. The molecule has 2 aromatic rings. The molecule has 1 heterocycles. The zero-order valence-corrected chi connectivity index (χ0v) is 8.97. The Morgan fingerprint density at radius 3 is 2.36 bits per heavy atom. The molecular weight excluding hydrogens is 189 g/mol. The van der Waals surface area contributed by atoms with Crippen LogP contribution in [0.5, 0.6) is 0 Å². The SMILES string of the molecule is CBc1ccc(-c2sccc2N)cc1. The van der Waals surface area contributed by atoms with Crippen molar-refractivity contribution in [3.8, 4) is 10.4 Å². The van der Waals surface area contributed by atoms with Crippen molar-refractivity contribution in [3.63, 3.8) is 0 Å². The van der Waals surface area contributed by atoms with E-state index in [1.807, 2.05) is 11.4 Å². The van der Waals surface area contributed by atoms with Gasteiger partial charge in [-0.3, -0.25) is 0 Å². The van der Waals surface area contributed by atoms with Gasteiger partial charge in [0.05, 0.1) is 10.6 Å². The molecule has 70 valence electrons. The molecule has 1 aromatic heterocycles. The van der Waals surface area contributed by atoms with Gasteiger partial charge in [-0.1, -0.05) is 36.6 Å². The predicted molar refractivity (Wildman–Crippen MR) is 66.8 cm³/mol. The minimum absolute atomic E-state index is 0.874. The first-order chi connectivity index (χ1) is 6.81. The van der Waals surface area contributed by atoms with Crippen molar-refractivity contribution in [2.45, 2.75) is 6.82 Å². The number of hydrogen-bond donors (Lipinski definition) is 1. The Hall–Kier alpha value is -1.22. The Kier molecular flexibility index (Phi) is 2.59. The third-order valence-electron chi connectivity index (χ3n) is 2.32. The van der Waals surface area contributed by atoms with Crippen LogP contribution >= 0.6 is 11.3 Å². The van der Waals surface area contributed by atoms with E-state index in [2.05, 4.69) is 31.1 Å². The van der Waals surface area contributed by atoms with Crippen LogP contribution in [0.4, 0.5) is 5.69 Å². The third-order valence-corrected chi connectivity index (χ3v) is 3.30. The fourth-order valence-corrected chi connectivity index (χ4v) is 2.27. The predicted octanol–water partition coefficient (Wildman–Crippen LogP) is 2.11. The molecule has 2 N–H and O–H groups in total. The molecule has 0 atom stereocenters. The molecule has 3 heteroatoms. The fourth-order valence-electron chi connectivity index (χ4n) is 1.45. The average molecular weight is 201 g/mol. The summed E-state index contributed by atoms with van der Waals surface area (Å²) < 4.78 is 0. The number of nitrogens with two attached hydrogens (primary N) is 1. The molecule has 2 rings (SSSR count). The minimum atomic E-state index is 0.874. The van der Waals surface area contributed by atoms with Crippen LogP contribution in [0.3, 0.4) is 0 Å². The van der Waals surface area contributed by atoms with Crippen molar-refractivity contribution >= 4 is 29.8 Å². The monoisotopic (exact) mass is 201 g/mol. The van der Waals surface area contributed by atoms with E-state index in [0.29, 0.717) is 0 Å². The highest BCUT2D eigenvalue weighted by molar-refractivity contribution is 7.14. The van der Waals surface area contributed by atoms with Crippen LogP contribution in [0.2, 0.25) is 6.82 Å². The standard InChI is InChI=1S/C11H12BNS/c1-12-9-4-2-8(3-5-9)11-10(13)6-7-14-11/h2-7,12H,13H2,1H3. The summed E-state index contributed by atoms with van der Waals surface area (Å²) in [4.78, 5) is 1.17. The fraction of sp³-hybridized carbons (Fsp3) is 0.0909. The number of hydrogen-bond acceptors (Lipinski definition) is 2. The molecule has 0 saturated carbocycles. The number of nitrogen functional groups attached to an aromatic ring is 1. The number of anilines is 1. The van der Waals surface area contributed by atoms with Gasteiger partial charge in [0.25, 0.3) is 0 Å². The summed E-state index contributed by atoms with van der Waals surface area (Å²) in [6, 6.07) is 10.6. The molecule has 0 aliphatic heterocycles. The molecule has 0 aliphatic carbocycles.